The van der Waals surface area contributed by atoms with Crippen LogP contribution in [0.5, 0.6) is 5.75 Å². The lowest BCUT2D eigenvalue weighted by Crippen LogP contribution is -2.35. The summed E-state index contributed by atoms with van der Waals surface area (Å²) in [5, 5.41) is 14.7. The fourth-order valence-corrected chi connectivity index (χ4v) is 4.84. The van der Waals surface area contributed by atoms with Gasteiger partial charge >= 0.3 is 0 Å². The Morgan fingerprint density at radius 2 is 1.78 bits per heavy atom. The number of methoxy groups -OCH3 is 1. The zero-order chi connectivity index (χ0) is 25.1. The molecule has 5 rings (SSSR count). The van der Waals surface area contributed by atoms with Crippen LogP contribution in [0.2, 0.25) is 10.0 Å². The largest absolute Gasteiger partial charge is 0.495 e. The Labute approximate surface area is 220 Å². The van der Waals surface area contributed by atoms with Crippen molar-refractivity contribution in [3.8, 4) is 22.9 Å². The number of aromatic nitrogens is 1. The summed E-state index contributed by atoms with van der Waals surface area (Å²) in [5.74, 6) is 0.486. The van der Waals surface area contributed by atoms with Crippen molar-refractivity contribution in [2.75, 3.05) is 38.7 Å². The van der Waals surface area contributed by atoms with Gasteiger partial charge < -0.3 is 14.8 Å². The molecule has 0 saturated carbocycles. The Morgan fingerprint density at radius 3 is 2.50 bits per heavy atom. The van der Waals surface area contributed by atoms with Gasteiger partial charge in [-0.1, -0.05) is 59.6 Å². The van der Waals surface area contributed by atoms with Crippen LogP contribution in [0.3, 0.4) is 0 Å². The van der Waals surface area contributed by atoms with Gasteiger partial charge in [0.15, 0.2) is 0 Å². The molecule has 1 aromatic heterocycles. The maximum atomic E-state index is 9.73. The molecule has 0 aliphatic carbocycles. The van der Waals surface area contributed by atoms with E-state index >= 15 is 0 Å². The second kappa shape index (κ2) is 10.7. The van der Waals surface area contributed by atoms with Crippen molar-refractivity contribution in [2.24, 2.45) is 0 Å². The summed E-state index contributed by atoms with van der Waals surface area (Å²) in [5.41, 5.74) is 5.82. The van der Waals surface area contributed by atoms with Crippen molar-refractivity contribution in [3.63, 3.8) is 0 Å². The Hall–Kier alpha value is -3.34. The molecule has 0 amide bonds. The van der Waals surface area contributed by atoms with Crippen molar-refractivity contribution < 1.29 is 9.47 Å². The van der Waals surface area contributed by atoms with E-state index in [4.69, 9.17) is 32.7 Å². The zero-order valence-electron chi connectivity index (χ0n) is 19.7. The molecule has 0 atom stereocenters. The predicted octanol–water partition coefficient (Wildman–Crippen LogP) is 6.66. The molecule has 1 aliphatic heterocycles. The van der Waals surface area contributed by atoms with Gasteiger partial charge in [0, 0.05) is 37.3 Å². The van der Waals surface area contributed by atoms with E-state index in [0.29, 0.717) is 32.7 Å². The molecule has 182 valence electrons. The number of rotatable bonds is 6. The van der Waals surface area contributed by atoms with E-state index in [-0.39, 0.29) is 0 Å². The molecule has 2 heterocycles. The Kier molecular flexibility index (Phi) is 7.26. The van der Waals surface area contributed by atoms with Gasteiger partial charge in [-0.25, -0.2) is 0 Å². The Morgan fingerprint density at radius 1 is 1.03 bits per heavy atom. The Balaban J connectivity index is 1.45. The number of anilines is 2. The maximum Gasteiger partial charge on any atom is 0.139 e. The molecule has 36 heavy (non-hydrogen) atoms. The Bertz CT molecular complexity index is 1450. The molecule has 8 heteroatoms. The quantitative estimate of drug-likeness (QED) is 0.307. The third-order valence-corrected chi connectivity index (χ3v) is 6.90. The average Bonchev–Trinajstić information content (AvgIpc) is 2.91. The number of morpholine rings is 1. The van der Waals surface area contributed by atoms with Gasteiger partial charge in [0.1, 0.15) is 11.8 Å². The van der Waals surface area contributed by atoms with E-state index < -0.39 is 0 Å². The van der Waals surface area contributed by atoms with Gasteiger partial charge in [-0.15, -0.1) is 0 Å². The number of fused-ring (bicyclic) bond motifs is 1. The van der Waals surface area contributed by atoms with Crippen LogP contribution in [-0.2, 0) is 11.3 Å². The van der Waals surface area contributed by atoms with Crippen LogP contribution < -0.4 is 10.1 Å². The van der Waals surface area contributed by atoms with Crippen molar-refractivity contribution >= 4 is 45.5 Å². The number of nitrogens with one attached hydrogen (secondary N) is 1. The normalized spacial score (nSPS) is 13.9. The first-order valence-corrected chi connectivity index (χ1v) is 12.3. The topological polar surface area (TPSA) is 70.4 Å². The number of nitriles is 1. The SMILES string of the molecule is COc1cc(Nc2c(C#N)cnc3cc(-c4ccc(CN5CCOCC5)cc4)ccc23)c(Cl)cc1Cl. The van der Waals surface area contributed by atoms with E-state index in [9.17, 15) is 5.26 Å². The van der Waals surface area contributed by atoms with Crippen molar-refractivity contribution in [1.29, 1.82) is 5.26 Å². The lowest BCUT2D eigenvalue weighted by Gasteiger charge is -2.26. The zero-order valence-corrected chi connectivity index (χ0v) is 21.2. The molecular weight excluding hydrogens is 495 g/mol. The highest BCUT2D eigenvalue weighted by Crippen LogP contribution is 2.38. The number of pyridine rings is 1. The summed E-state index contributed by atoms with van der Waals surface area (Å²) in [6, 6.07) is 20.2. The number of nitrogens with zero attached hydrogens (tertiary/aromatic N) is 3. The first-order valence-electron chi connectivity index (χ1n) is 11.6. The minimum absolute atomic E-state index is 0.410. The third kappa shape index (κ3) is 5.11. The molecule has 6 nitrogen and oxygen atoms in total. The fourth-order valence-electron chi connectivity index (χ4n) is 4.33. The highest BCUT2D eigenvalue weighted by molar-refractivity contribution is 6.37. The summed E-state index contributed by atoms with van der Waals surface area (Å²) in [4.78, 5) is 6.95. The molecule has 0 bridgehead atoms. The molecule has 1 N–H and O–H groups in total. The van der Waals surface area contributed by atoms with Gasteiger partial charge in [-0.3, -0.25) is 9.88 Å². The van der Waals surface area contributed by atoms with E-state index in [2.05, 4.69) is 45.5 Å². The van der Waals surface area contributed by atoms with E-state index in [1.807, 2.05) is 18.2 Å². The van der Waals surface area contributed by atoms with Crippen LogP contribution >= 0.6 is 23.2 Å². The standard InChI is InChI=1S/C28H24Cl2N4O2/c1-35-27-14-26(23(29)13-24(27)30)33-28-21(15-31)16-32-25-12-20(6-7-22(25)28)19-4-2-18(3-5-19)17-34-8-10-36-11-9-34/h2-7,12-14,16H,8-11,17H2,1H3,(H,32,33). The highest BCUT2D eigenvalue weighted by Gasteiger charge is 2.15. The van der Waals surface area contributed by atoms with Crippen LogP contribution in [0, 0.1) is 11.3 Å². The van der Waals surface area contributed by atoms with Gasteiger partial charge in [-0.2, -0.15) is 5.26 Å². The average molecular weight is 519 g/mol. The molecule has 1 fully saturated rings. The van der Waals surface area contributed by atoms with Gasteiger partial charge in [-0.05, 0) is 28.8 Å². The van der Waals surface area contributed by atoms with Crippen molar-refractivity contribution in [1.82, 2.24) is 9.88 Å². The van der Waals surface area contributed by atoms with Crippen LogP contribution in [0.1, 0.15) is 11.1 Å². The second-order valence-electron chi connectivity index (χ2n) is 8.57. The number of benzene rings is 3. The van der Waals surface area contributed by atoms with Crippen molar-refractivity contribution in [3.05, 3.63) is 82.0 Å². The molecule has 0 unspecified atom stereocenters. The molecule has 0 radical (unpaired) electrons. The summed E-state index contributed by atoms with van der Waals surface area (Å²) >= 11 is 12.6. The first-order chi connectivity index (χ1) is 17.6. The minimum atomic E-state index is 0.410. The monoisotopic (exact) mass is 518 g/mol. The first kappa shape index (κ1) is 24.4. The van der Waals surface area contributed by atoms with E-state index in [1.54, 1.807) is 18.3 Å². The molecule has 0 spiro atoms. The lowest BCUT2D eigenvalue weighted by molar-refractivity contribution is 0.0342. The number of halogens is 2. The maximum absolute atomic E-state index is 9.73. The molecular formula is C28H24Cl2N4O2. The second-order valence-corrected chi connectivity index (χ2v) is 9.38. The predicted molar refractivity (Wildman–Crippen MR) is 144 cm³/mol. The third-order valence-electron chi connectivity index (χ3n) is 6.29. The lowest BCUT2D eigenvalue weighted by atomic mass is 10.0. The smallest absolute Gasteiger partial charge is 0.139 e. The van der Waals surface area contributed by atoms with Gasteiger partial charge in [0.25, 0.3) is 0 Å². The highest BCUT2D eigenvalue weighted by atomic mass is 35.5. The van der Waals surface area contributed by atoms with Crippen molar-refractivity contribution in [2.45, 2.75) is 6.54 Å². The number of hydrogen-bond acceptors (Lipinski definition) is 6. The molecule has 1 saturated heterocycles. The minimum Gasteiger partial charge on any atom is -0.495 e. The van der Waals surface area contributed by atoms with Gasteiger partial charge in [0.2, 0.25) is 0 Å². The summed E-state index contributed by atoms with van der Waals surface area (Å²) < 4.78 is 10.8. The molecule has 1 aliphatic rings. The van der Waals surface area contributed by atoms with E-state index in [0.717, 1.165) is 54.9 Å². The summed E-state index contributed by atoms with van der Waals surface area (Å²) in [6.45, 7) is 4.45. The van der Waals surface area contributed by atoms with Crippen LogP contribution in [0.15, 0.2) is 60.8 Å². The number of hydrogen-bond donors (Lipinski definition) is 1. The molecule has 3 aromatic carbocycles. The molecule has 4 aromatic rings. The van der Waals surface area contributed by atoms with E-state index in [1.165, 1.54) is 12.7 Å². The summed E-state index contributed by atoms with van der Waals surface area (Å²) in [6.07, 6.45) is 1.57. The number of ether oxygens (including phenoxy) is 2. The van der Waals surface area contributed by atoms with Crippen LogP contribution in [-0.4, -0.2) is 43.3 Å². The van der Waals surface area contributed by atoms with Crippen LogP contribution in [0.4, 0.5) is 11.4 Å². The summed E-state index contributed by atoms with van der Waals surface area (Å²) in [7, 11) is 1.54. The fraction of sp³-hybridized carbons (Fsp3) is 0.214. The van der Waals surface area contributed by atoms with Gasteiger partial charge in [0.05, 0.1) is 52.8 Å². The van der Waals surface area contributed by atoms with Crippen LogP contribution in [0.25, 0.3) is 22.0 Å².